The third-order valence-electron chi connectivity index (χ3n) is 2.95. The van der Waals surface area contributed by atoms with Gasteiger partial charge in [0.1, 0.15) is 19.0 Å². The first-order valence-electron chi connectivity index (χ1n) is 5.15. The van der Waals surface area contributed by atoms with E-state index in [4.69, 9.17) is 5.11 Å². The second kappa shape index (κ2) is 4.01. The smallest absolute Gasteiger partial charge is 0.173 e. The van der Waals surface area contributed by atoms with Crippen LogP contribution in [0.2, 0.25) is 0 Å². The molecular formula is C12H15FNO+. The highest BCUT2D eigenvalue weighted by atomic mass is 19.1. The number of piperidine rings is 1. The zero-order chi connectivity index (χ0) is 10.8. The van der Waals surface area contributed by atoms with Crippen molar-refractivity contribution in [2.24, 2.45) is 0 Å². The molecule has 3 heteroatoms. The summed E-state index contributed by atoms with van der Waals surface area (Å²) in [6, 6.07) is 6.81. The van der Waals surface area contributed by atoms with Gasteiger partial charge in [-0.1, -0.05) is 12.1 Å². The van der Waals surface area contributed by atoms with E-state index < -0.39 is 6.17 Å². The van der Waals surface area contributed by atoms with Crippen molar-refractivity contribution in [2.75, 3.05) is 13.1 Å². The Morgan fingerprint density at radius 3 is 2.60 bits per heavy atom. The van der Waals surface area contributed by atoms with Crippen LogP contribution in [0.15, 0.2) is 24.3 Å². The van der Waals surface area contributed by atoms with Gasteiger partial charge in [-0.05, 0) is 17.7 Å². The van der Waals surface area contributed by atoms with Crippen molar-refractivity contribution in [2.45, 2.75) is 18.5 Å². The average molecular weight is 208 g/mol. The van der Waals surface area contributed by atoms with Gasteiger partial charge >= 0.3 is 0 Å². The molecule has 2 unspecified atom stereocenters. The number of halogens is 1. The van der Waals surface area contributed by atoms with Gasteiger partial charge in [-0.2, -0.15) is 0 Å². The number of rotatable bonds is 1. The minimum Gasteiger partial charge on any atom is -0.508 e. The Morgan fingerprint density at radius 1 is 1.33 bits per heavy atom. The van der Waals surface area contributed by atoms with Crippen molar-refractivity contribution < 1.29 is 14.1 Å². The molecule has 1 aromatic rings. The van der Waals surface area contributed by atoms with E-state index in [-0.39, 0.29) is 11.7 Å². The van der Waals surface area contributed by atoms with Gasteiger partial charge in [0.05, 0.1) is 0 Å². The van der Waals surface area contributed by atoms with Crippen LogP contribution in [0.5, 0.6) is 5.75 Å². The molecule has 80 valence electrons. The second-order valence-corrected chi connectivity index (χ2v) is 4.08. The van der Waals surface area contributed by atoms with Gasteiger partial charge in [-0.3, -0.25) is 0 Å². The lowest BCUT2D eigenvalue weighted by Crippen LogP contribution is -2.34. The maximum absolute atomic E-state index is 13.7. The van der Waals surface area contributed by atoms with Crippen LogP contribution < -0.4 is 0 Å². The fourth-order valence-electron chi connectivity index (χ4n) is 2.06. The van der Waals surface area contributed by atoms with Crippen LogP contribution in [0.25, 0.3) is 0 Å². The Hall–Kier alpha value is -1.38. The molecule has 0 radical (unpaired) electrons. The van der Waals surface area contributed by atoms with Gasteiger partial charge in [0.15, 0.2) is 12.7 Å². The summed E-state index contributed by atoms with van der Waals surface area (Å²) >= 11 is 0. The second-order valence-electron chi connectivity index (χ2n) is 4.08. The summed E-state index contributed by atoms with van der Waals surface area (Å²) in [6.45, 7) is 4.96. The summed E-state index contributed by atoms with van der Waals surface area (Å²) in [5.74, 6) is 0.173. The van der Waals surface area contributed by atoms with Crippen molar-refractivity contribution >= 4 is 6.72 Å². The van der Waals surface area contributed by atoms with E-state index in [1.54, 1.807) is 28.8 Å². The summed E-state index contributed by atoms with van der Waals surface area (Å²) in [4.78, 5) is 0. The third kappa shape index (κ3) is 2.17. The maximum atomic E-state index is 13.7. The summed E-state index contributed by atoms with van der Waals surface area (Å²) in [7, 11) is 0. The zero-order valence-corrected chi connectivity index (χ0v) is 8.56. The predicted octanol–water partition coefficient (Wildman–Crippen LogP) is 1.93. The van der Waals surface area contributed by atoms with E-state index in [1.807, 2.05) is 0 Å². The number of aromatic hydroxyl groups is 1. The quantitative estimate of drug-likeness (QED) is 0.700. The molecule has 0 bridgehead atoms. The highest BCUT2D eigenvalue weighted by Gasteiger charge is 2.31. The van der Waals surface area contributed by atoms with Crippen LogP contribution in [-0.2, 0) is 0 Å². The number of phenolic OH excluding ortho intramolecular Hbond substituents is 1. The molecule has 1 heterocycles. The molecule has 0 spiro atoms. The van der Waals surface area contributed by atoms with Crippen LogP contribution in [-0.4, -0.2) is 35.7 Å². The molecule has 0 amide bonds. The Bertz CT molecular complexity index is 360. The first kappa shape index (κ1) is 10.1. The van der Waals surface area contributed by atoms with Crippen molar-refractivity contribution in [1.29, 1.82) is 0 Å². The van der Waals surface area contributed by atoms with Crippen LogP contribution in [0.1, 0.15) is 17.9 Å². The van der Waals surface area contributed by atoms with E-state index in [0.29, 0.717) is 6.54 Å². The fraction of sp³-hybridized carbons (Fsp3) is 0.417. The first-order chi connectivity index (χ1) is 7.16. The molecule has 1 fully saturated rings. The van der Waals surface area contributed by atoms with E-state index >= 15 is 0 Å². The Labute approximate surface area is 88.7 Å². The molecule has 0 saturated carbocycles. The highest BCUT2D eigenvalue weighted by molar-refractivity contribution is 5.29. The van der Waals surface area contributed by atoms with Crippen molar-refractivity contribution in [1.82, 2.24) is 0 Å². The molecule has 15 heavy (non-hydrogen) atoms. The lowest BCUT2D eigenvalue weighted by Gasteiger charge is -2.24. The summed E-state index contributed by atoms with van der Waals surface area (Å²) in [5.41, 5.74) is 0.966. The van der Waals surface area contributed by atoms with Crippen molar-refractivity contribution in [3.8, 4) is 5.75 Å². The normalized spacial score (nSPS) is 26.6. The Morgan fingerprint density at radius 2 is 2.00 bits per heavy atom. The maximum Gasteiger partial charge on any atom is 0.173 e. The standard InChI is InChI=1S/C12H14FNO/c1-14-7-6-11(12(13)8-14)9-2-4-10(15)5-3-9/h2-5,11-12H,1,6-8H2/p+1. The van der Waals surface area contributed by atoms with Gasteiger partial charge in [-0.25, -0.2) is 8.97 Å². The van der Waals surface area contributed by atoms with Crippen LogP contribution in [0, 0.1) is 0 Å². The number of hydrogen-bond donors (Lipinski definition) is 1. The number of alkyl halides is 1. The minimum absolute atomic E-state index is 0.0522. The third-order valence-corrected chi connectivity index (χ3v) is 2.95. The molecule has 2 nitrogen and oxygen atoms in total. The van der Waals surface area contributed by atoms with E-state index in [9.17, 15) is 4.39 Å². The molecule has 1 aliphatic rings. The molecule has 0 aromatic heterocycles. The summed E-state index contributed by atoms with van der Waals surface area (Å²) < 4.78 is 15.5. The van der Waals surface area contributed by atoms with E-state index in [0.717, 1.165) is 18.5 Å². The molecule has 1 N–H and O–H groups in total. The average Bonchev–Trinajstić information content (AvgIpc) is 2.20. The van der Waals surface area contributed by atoms with Gasteiger partial charge in [0, 0.05) is 12.3 Å². The fourth-order valence-corrected chi connectivity index (χ4v) is 2.06. The molecule has 1 aromatic carbocycles. The number of phenols is 1. The van der Waals surface area contributed by atoms with Crippen LogP contribution in [0.4, 0.5) is 4.39 Å². The lowest BCUT2D eigenvalue weighted by molar-refractivity contribution is -0.538. The van der Waals surface area contributed by atoms with E-state index in [2.05, 4.69) is 6.72 Å². The molecule has 2 rings (SSSR count). The van der Waals surface area contributed by atoms with Crippen LogP contribution >= 0.6 is 0 Å². The Kier molecular flexibility index (Phi) is 2.71. The summed E-state index contributed by atoms with van der Waals surface area (Å²) in [6.07, 6.45) is -0.0732. The number of nitrogens with zero attached hydrogens (tertiary/aromatic N) is 1. The van der Waals surface area contributed by atoms with Crippen molar-refractivity contribution in [3.63, 3.8) is 0 Å². The molecule has 2 atom stereocenters. The SMILES string of the molecule is C=[N+]1CCC(c2ccc(O)cc2)C(F)C1. The van der Waals surface area contributed by atoms with Gasteiger partial charge in [0.25, 0.3) is 0 Å². The van der Waals surface area contributed by atoms with Gasteiger partial charge in [-0.15, -0.1) is 0 Å². The minimum atomic E-state index is -0.860. The monoisotopic (exact) mass is 208 g/mol. The first-order valence-corrected chi connectivity index (χ1v) is 5.15. The number of benzene rings is 1. The topological polar surface area (TPSA) is 23.2 Å². The van der Waals surface area contributed by atoms with E-state index in [1.165, 1.54) is 0 Å². The molecule has 1 aliphatic heterocycles. The molecular weight excluding hydrogens is 193 g/mol. The molecule has 1 saturated heterocycles. The van der Waals surface area contributed by atoms with Crippen LogP contribution in [0.3, 0.4) is 0 Å². The lowest BCUT2D eigenvalue weighted by atomic mass is 9.88. The zero-order valence-electron chi connectivity index (χ0n) is 8.56. The highest BCUT2D eigenvalue weighted by Crippen LogP contribution is 2.29. The van der Waals surface area contributed by atoms with Crippen molar-refractivity contribution in [3.05, 3.63) is 29.8 Å². The Balaban J connectivity index is 2.16. The molecule has 0 aliphatic carbocycles. The van der Waals surface area contributed by atoms with Gasteiger partial charge < -0.3 is 5.11 Å². The predicted molar refractivity (Wildman–Crippen MR) is 57.5 cm³/mol. The largest absolute Gasteiger partial charge is 0.508 e. The summed E-state index contributed by atoms with van der Waals surface area (Å²) in [5, 5.41) is 9.15. The van der Waals surface area contributed by atoms with Gasteiger partial charge in [0.2, 0.25) is 0 Å². The number of hydrogen-bond acceptors (Lipinski definition) is 1.